The largest absolute Gasteiger partial charge is 0.340 e. The SMILES string of the molecule is CC(Sc1nnnn1C(C)C)C(=O)N(C)Cc1ccccc1. The second kappa shape index (κ2) is 7.40. The molecule has 6 nitrogen and oxygen atoms in total. The molecular weight excluding hydrogens is 298 g/mol. The lowest BCUT2D eigenvalue weighted by molar-refractivity contribution is -0.129. The molecule has 1 heterocycles. The minimum atomic E-state index is -0.239. The Morgan fingerprint density at radius 3 is 2.59 bits per heavy atom. The van der Waals surface area contributed by atoms with Gasteiger partial charge in [-0.1, -0.05) is 42.1 Å². The number of benzene rings is 1. The number of carbonyl (C=O) groups excluding carboxylic acids is 1. The van der Waals surface area contributed by atoms with Crippen molar-refractivity contribution in [2.75, 3.05) is 7.05 Å². The number of nitrogens with zero attached hydrogens (tertiary/aromatic N) is 5. The quantitative estimate of drug-likeness (QED) is 0.765. The third-order valence-corrected chi connectivity index (χ3v) is 4.26. The maximum atomic E-state index is 12.5. The zero-order valence-corrected chi connectivity index (χ0v) is 14.1. The van der Waals surface area contributed by atoms with E-state index >= 15 is 0 Å². The van der Waals surface area contributed by atoms with Gasteiger partial charge < -0.3 is 4.90 Å². The molecule has 0 fully saturated rings. The summed E-state index contributed by atoms with van der Waals surface area (Å²) in [5.41, 5.74) is 1.11. The molecule has 0 spiro atoms. The van der Waals surface area contributed by atoms with Crippen molar-refractivity contribution in [2.45, 2.75) is 43.8 Å². The molecule has 1 unspecified atom stereocenters. The third-order valence-electron chi connectivity index (χ3n) is 3.22. The normalized spacial score (nSPS) is 12.4. The molecule has 0 bridgehead atoms. The number of aromatic nitrogens is 4. The maximum absolute atomic E-state index is 12.5. The molecule has 1 aromatic heterocycles. The molecular formula is C15H21N5OS. The topological polar surface area (TPSA) is 63.9 Å². The first-order chi connectivity index (χ1) is 10.5. The van der Waals surface area contributed by atoms with Crippen LogP contribution in [0.15, 0.2) is 35.5 Å². The summed E-state index contributed by atoms with van der Waals surface area (Å²) >= 11 is 1.39. The zero-order chi connectivity index (χ0) is 16.1. The highest BCUT2D eigenvalue weighted by Gasteiger charge is 2.22. The van der Waals surface area contributed by atoms with E-state index in [-0.39, 0.29) is 17.2 Å². The van der Waals surface area contributed by atoms with E-state index in [1.54, 1.807) is 9.58 Å². The number of hydrogen-bond acceptors (Lipinski definition) is 5. The summed E-state index contributed by atoms with van der Waals surface area (Å²) in [6, 6.07) is 10.1. The van der Waals surface area contributed by atoms with Gasteiger partial charge in [-0.05, 0) is 36.8 Å². The predicted molar refractivity (Wildman–Crippen MR) is 86.4 cm³/mol. The van der Waals surface area contributed by atoms with Crippen molar-refractivity contribution < 1.29 is 4.79 Å². The van der Waals surface area contributed by atoms with Crippen LogP contribution in [-0.2, 0) is 11.3 Å². The first-order valence-corrected chi connectivity index (χ1v) is 8.10. The minimum Gasteiger partial charge on any atom is -0.340 e. The van der Waals surface area contributed by atoms with Gasteiger partial charge in [0, 0.05) is 13.6 Å². The van der Waals surface area contributed by atoms with E-state index in [9.17, 15) is 4.79 Å². The van der Waals surface area contributed by atoms with Crippen LogP contribution in [0, 0.1) is 0 Å². The number of thioether (sulfide) groups is 1. The smallest absolute Gasteiger partial charge is 0.235 e. The Morgan fingerprint density at radius 2 is 1.95 bits per heavy atom. The van der Waals surface area contributed by atoms with Gasteiger partial charge in [0.05, 0.1) is 11.3 Å². The van der Waals surface area contributed by atoms with E-state index in [1.807, 2.05) is 58.2 Å². The van der Waals surface area contributed by atoms with Crippen LogP contribution in [-0.4, -0.2) is 43.3 Å². The molecule has 22 heavy (non-hydrogen) atoms. The van der Waals surface area contributed by atoms with E-state index in [2.05, 4.69) is 15.5 Å². The fraction of sp³-hybridized carbons (Fsp3) is 0.467. The monoisotopic (exact) mass is 319 g/mol. The summed E-state index contributed by atoms with van der Waals surface area (Å²) in [7, 11) is 1.82. The highest BCUT2D eigenvalue weighted by atomic mass is 32.2. The molecule has 2 aromatic rings. The molecule has 7 heteroatoms. The number of rotatable bonds is 6. The molecule has 118 valence electrons. The summed E-state index contributed by atoms with van der Waals surface area (Å²) in [6.07, 6.45) is 0. The van der Waals surface area contributed by atoms with Crippen molar-refractivity contribution in [1.82, 2.24) is 25.1 Å². The van der Waals surface area contributed by atoms with Crippen molar-refractivity contribution in [3.05, 3.63) is 35.9 Å². The lowest BCUT2D eigenvalue weighted by atomic mass is 10.2. The molecule has 0 saturated heterocycles. The highest BCUT2D eigenvalue weighted by Crippen LogP contribution is 2.23. The van der Waals surface area contributed by atoms with Crippen LogP contribution < -0.4 is 0 Å². The van der Waals surface area contributed by atoms with E-state index in [0.717, 1.165) is 5.56 Å². The van der Waals surface area contributed by atoms with Crippen molar-refractivity contribution >= 4 is 17.7 Å². The van der Waals surface area contributed by atoms with Crippen molar-refractivity contribution in [3.8, 4) is 0 Å². The lowest BCUT2D eigenvalue weighted by Gasteiger charge is -2.21. The summed E-state index contributed by atoms with van der Waals surface area (Å²) in [5, 5.41) is 12.1. The molecule has 0 radical (unpaired) electrons. The Morgan fingerprint density at radius 1 is 1.27 bits per heavy atom. The van der Waals surface area contributed by atoms with E-state index in [4.69, 9.17) is 0 Å². The van der Waals surface area contributed by atoms with Gasteiger partial charge in [-0.2, -0.15) is 0 Å². The van der Waals surface area contributed by atoms with Gasteiger partial charge in [-0.3, -0.25) is 4.79 Å². The second-order valence-electron chi connectivity index (χ2n) is 5.44. The van der Waals surface area contributed by atoms with E-state index < -0.39 is 0 Å². The van der Waals surface area contributed by atoms with Crippen LogP contribution in [0.2, 0.25) is 0 Å². The molecule has 1 atom stereocenters. The Hall–Kier alpha value is -1.89. The Bertz CT molecular complexity index is 613. The Balaban J connectivity index is 1.98. The van der Waals surface area contributed by atoms with Crippen LogP contribution in [0.5, 0.6) is 0 Å². The fourth-order valence-corrected chi connectivity index (χ4v) is 3.08. The van der Waals surface area contributed by atoms with Crippen LogP contribution in [0.3, 0.4) is 0 Å². The fourth-order valence-electron chi connectivity index (χ4n) is 2.04. The molecule has 0 aliphatic heterocycles. The summed E-state index contributed by atoms with van der Waals surface area (Å²) in [6.45, 7) is 6.50. The predicted octanol–water partition coefficient (Wildman–Crippen LogP) is 2.39. The second-order valence-corrected chi connectivity index (χ2v) is 6.75. The molecule has 1 amide bonds. The third kappa shape index (κ3) is 4.07. The minimum absolute atomic E-state index is 0.0622. The van der Waals surface area contributed by atoms with E-state index in [1.165, 1.54) is 11.8 Å². The first-order valence-electron chi connectivity index (χ1n) is 7.22. The zero-order valence-electron chi connectivity index (χ0n) is 13.3. The molecule has 0 aliphatic rings. The number of tetrazole rings is 1. The molecule has 0 saturated carbocycles. The number of hydrogen-bond donors (Lipinski definition) is 0. The highest BCUT2D eigenvalue weighted by molar-refractivity contribution is 8.00. The van der Waals surface area contributed by atoms with Crippen molar-refractivity contribution in [3.63, 3.8) is 0 Å². The van der Waals surface area contributed by atoms with Crippen LogP contribution in [0.1, 0.15) is 32.4 Å². The van der Waals surface area contributed by atoms with Gasteiger partial charge in [0.2, 0.25) is 11.1 Å². The molecule has 0 aliphatic carbocycles. The van der Waals surface area contributed by atoms with Crippen LogP contribution in [0.4, 0.5) is 0 Å². The van der Waals surface area contributed by atoms with Crippen LogP contribution >= 0.6 is 11.8 Å². The standard InChI is InChI=1S/C15H21N5OS/c1-11(2)20-15(16-17-18-20)22-12(3)14(21)19(4)10-13-8-6-5-7-9-13/h5-9,11-12H,10H2,1-4H3. The average molecular weight is 319 g/mol. The van der Waals surface area contributed by atoms with Gasteiger partial charge in [0.25, 0.3) is 0 Å². The number of carbonyl (C=O) groups is 1. The van der Waals surface area contributed by atoms with Gasteiger partial charge in [0.1, 0.15) is 0 Å². The average Bonchev–Trinajstić information content (AvgIpc) is 2.95. The summed E-state index contributed by atoms with van der Waals surface area (Å²) < 4.78 is 1.73. The Kier molecular flexibility index (Phi) is 5.54. The van der Waals surface area contributed by atoms with Crippen LogP contribution in [0.25, 0.3) is 0 Å². The van der Waals surface area contributed by atoms with Crippen molar-refractivity contribution in [2.24, 2.45) is 0 Å². The lowest BCUT2D eigenvalue weighted by Crippen LogP contribution is -2.33. The molecule has 1 aromatic carbocycles. The summed E-state index contributed by atoms with van der Waals surface area (Å²) in [5.74, 6) is 0.0622. The number of amides is 1. The van der Waals surface area contributed by atoms with Crippen molar-refractivity contribution in [1.29, 1.82) is 0 Å². The van der Waals surface area contributed by atoms with Gasteiger partial charge >= 0.3 is 0 Å². The summed E-state index contributed by atoms with van der Waals surface area (Å²) in [4.78, 5) is 14.2. The van der Waals surface area contributed by atoms with Gasteiger partial charge in [0.15, 0.2) is 0 Å². The van der Waals surface area contributed by atoms with Gasteiger partial charge in [-0.15, -0.1) is 5.10 Å². The Labute approximate surface area is 134 Å². The maximum Gasteiger partial charge on any atom is 0.235 e. The molecule has 0 N–H and O–H groups in total. The molecule has 2 rings (SSSR count). The van der Waals surface area contributed by atoms with E-state index in [0.29, 0.717) is 11.7 Å². The van der Waals surface area contributed by atoms with Gasteiger partial charge in [-0.25, -0.2) is 4.68 Å². The first kappa shape index (κ1) is 16.5.